The minimum Gasteiger partial charge on any atom is -0.497 e. The van der Waals surface area contributed by atoms with Crippen molar-refractivity contribution in [2.45, 2.75) is 26.2 Å². The highest BCUT2D eigenvalue weighted by Crippen LogP contribution is 2.27. The highest BCUT2D eigenvalue weighted by atomic mass is 32.1. The molecule has 1 aliphatic heterocycles. The van der Waals surface area contributed by atoms with Gasteiger partial charge in [0.25, 0.3) is 11.8 Å². The lowest BCUT2D eigenvalue weighted by atomic mass is 10.1. The van der Waals surface area contributed by atoms with E-state index in [9.17, 15) is 9.59 Å². The number of anilines is 1. The molecule has 0 aliphatic carbocycles. The molecule has 3 aromatic rings. The molecule has 0 unspecified atom stereocenters. The number of carbonyl (C=O) groups is 2. The minimum atomic E-state index is -0.273. The predicted molar refractivity (Wildman–Crippen MR) is 116 cm³/mol. The summed E-state index contributed by atoms with van der Waals surface area (Å²) in [5.41, 5.74) is 2.32. The number of hydrogen-bond donors (Lipinski definition) is 1. The van der Waals surface area contributed by atoms with Crippen LogP contribution in [0.4, 0.5) is 5.69 Å². The van der Waals surface area contributed by atoms with Crippen molar-refractivity contribution >= 4 is 29.0 Å². The lowest BCUT2D eigenvalue weighted by molar-refractivity contribution is 0.0794. The van der Waals surface area contributed by atoms with Crippen LogP contribution in [0, 0.1) is 13.8 Å². The van der Waals surface area contributed by atoms with Gasteiger partial charge in [-0.1, -0.05) is 4.49 Å². The Labute approximate surface area is 183 Å². The van der Waals surface area contributed by atoms with Crippen molar-refractivity contribution in [1.29, 1.82) is 0 Å². The van der Waals surface area contributed by atoms with E-state index in [0.29, 0.717) is 52.2 Å². The lowest BCUT2D eigenvalue weighted by Crippen LogP contribution is -2.28. The number of benzene rings is 1. The average Bonchev–Trinajstić information content (AvgIpc) is 3.43. The summed E-state index contributed by atoms with van der Waals surface area (Å²) in [5, 5.41) is 6.76. The molecule has 0 spiro atoms. The van der Waals surface area contributed by atoms with Crippen LogP contribution in [0.5, 0.6) is 5.75 Å². The lowest BCUT2D eigenvalue weighted by Gasteiger charge is -2.15. The van der Waals surface area contributed by atoms with Gasteiger partial charge in [0.2, 0.25) is 0 Å². The van der Waals surface area contributed by atoms with E-state index < -0.39 is 0 Å². The van der Waals surface area contributed by atoms with Gasteiger partial charge in [-0.3, -0.25) is 9.59 Å². The van der Waals surface area contributed by atoms with E-state index in [1.54, 1.807) is 56.3 Å². The second-order valence-corrected chi connectivity index (χ2v) is 8.09. The van der Waals surface area contributed by atoms with Crippen LogP contribution < -0.4 is 10.1 Å². The van der Waals surface area contributed by atoms with Crippen molar-refractivity contribution in [1.82, 2.24) is 24.5 Å². The molecule has 0 saturated carbocycles. The highest BCUT2D eigenvalue weighted by Gasteiger charge is 2.31. The molecule has 0 bridgehead atoms. The Bertz CT molecular complexity index is 1110. The number of methoxy groups -OCH3 is 1. The van der Waals surface area contributed by atoms with Crippen LogP contribution in [-0.4, -0.2) is 56.5 Å². The second-order valence-electron chi connectivity index (χ2n) is 7.33. The summed E-state index contributed by atoms with van der Waals surface area (Å²) >= 11 is 1.12. The molecule has 1 aliphatic rings. The number of rotatable bonds is 5. The summed E-state index contributed by atoms with van der Waals surface area (Å²) in [4.78, 5) is 36.7. The zero-order valence-electron chi connectivity index (χ0n) is 17.5. The summed E-state index contributed by atoms with van der Waals surface area (Å²) in [7, 11) is 1.59. The van der Waals surface area contributed by atoms with Crippen LogP contribution in [0.25, 0.3) is 0 Å². The molecule has 1 saturated heterocycles. The summed E-state index contributed by atoms with van der Waals surface area (Å²) < 4.78 is 8.97. The zero-order valence-corrected chi connectivity index (χ0v) is 18.3. The Kier molecular flexibility index (Phi) is 5.90. The molecule has 2 aromatic heterocycles. The molecule has 1 N–H and O–H groups in total. The third-order valence-electron chi connectivity index (χ3n) is 5.28. The summed E-state index contributed by atoms with van der Waals surface area (Å²) in [6.07, 6.45) is 2.33. The maximum Gasteiger partial charge on any atom is 0.267 e. The fourth-order valence-corrected chi connectivity index (χ4v) is 4.13. The van der Waals surface area contributed by atoms with Crippen LogP contribution in [0.3, 0.4) is 0 Å². The van der Waals surface area contributed by atoms with Crippen molar-refractivity contribution in [3.05, 3.63) is 58.1 Å². The topological polar surface area (TPSA) is 110 Å². The Morgan fingerprint density at radius 2 is 1.97 bits per heavy atom. The first-order chi connectivity index (χ1) is 15.0. The first-order valence-electron chi connectivity index (χ1n) is 9.83. The molecule has 1 fully saturated rings. The smallest absolute Gasteiger partial charge is 0.267 e. The maximum absolute atomic E-state index is 12.7. The molecule has 3 heterocycles. The molecule has 0 radical (unpaired) electrons. The number of carbonyl (C=O) groups excluding carboxylic acids is 2. The van der Waals surface area contributed by atoms with Crippen LogP contribution in [0.1, 0.15) is 49.6 Å². The maximum atomic E-state index is 12.7. The first-order valence-corrected chi connectivity index (χ1v) is 10.6. The van der Waals surface area contributed by atoms with Crippen LogP contribution in [0.15, 0.2) is 30.5 Å². The SMILES string of the molecule is COc1ccc(NC(=O)c2cnc([C@@H]3CCN(C(=O)c4snnc4C)C3)nc2C)cc1. The average molecular weight is 439 g/mol. The quantitative estimate of drug-likeness (QED) is 0.652. The standard InChI is InChI=1S/C21H22N6O3S/c1-12-17(20(28)24-15-4-6-16(30-3)7-5-15)10-22-19(23-12)14-8-9-27(11-14)21(29)18-13(2)25-26-31-18/h4-7,10,14H,8-9,11H2,1-3H3,(H,24,28)/t14-/m1/s1. The van der Waals surface area contributed by atoms with Crippen LogP contribution in [0.2, 0.25) is 0 Å². The van der Waals surface area contributed by atoms with Crippen LogP contribution >= 0.6 is 11.5 Å². The number of aromatic nitrogens is 4. The Morgan fingerprint density at radius 1 is 1.19 bits per heavy atom. The van der Waals surface area contributed by atoms with Gasteiger partial charge < -0.3 is 15.0 Å². The van der Waals surface area contributed by atoms with E-state index in [0.717, 1.165) is 18.0 Å². The molecule has 10 heteroatoms. The fraction of sp³-hybridized carbons (Fsp3) is 0.333. The Balaban J connectivity index is 1.43. The zero-order chi connectivity index (χ0) is 22.0. The Hall–Kier alpha value is -3.40. The largest absolute Gasteiger partial charge is 0.497 e. The van der Waals surface area contributed by atoms with Crippen molar-refractivity contribution in [2.75, 3.05) is 25.5 Å². The fourth-order valence-electron chi connectivity index (χ4n) is 3.50. The Morgan fingerprint density at radius 3 is 2.61 bits per heavy atom. The molecule has 2 amide bonds. The molecule has 9 nitrogen and oxygen atoms in total. The van der Waals surface area contributed by atoms with Gasteiger partial charge in [-0.15, -0.1) is 5.10 Å². The van der Waals surface area contributed by atoms with Crippen molar-refractivity contribution < 1.29 is 14.3 Å². The number of likely N-dealkylation sites (tertiary alicyclic amines) is 1. The van der Waals surface area contributed by atoms with E-state index in [2.05, 4.69) is 24.9 Å². The monoisotopic (exact) mass is 438 g/mol. The normalized spacial score (nSPS) is 15.7. The molecule has 1 aromatic carbocycles. The molecule has 31 heavy (non-hydrogen) atoms. The van der Waals surface area contributed by atoms with Crippen molar-refractivity contribution in [3.8, 4) is 5.75 Å². The van der Waals surface area contributed by atoms with Gasteiger partial charge in [0, 0.05) is 30.9 Å². The summed E-state index contributed by atoms with van der Waals surface area (Å²) in [5.74, 6) is 1.07. The van der Waals surface area contributed by atoms with E-state index in [-0.39, 0.29) is 17.7 Å². The molecular weight excluding hydrogens is 416 g/mol. The van der Waals surface area contributed by atoms with E-state index >= 15 is 0 Å². The number of hydrogen-bond acceptors (Lipinski definition) is 8. The van der Waals surface area contributed by atoms with Gasteiger partial charge >= 0.3 is 0 Å². The number of nitrogens with one attached hydrogen (secondary N) is 1. The highest BCUT2D eigenvalue weighted by molar-refractivity contribution is 7.07. The minimum absolute atomic E-state index is 0.0301. The molecule has 160 valence electrons. The number of nitrogens with zero attached hydrogens (tertiary/aromatic N) is 5. The molecule has 4 rings (SSSR count). The van der Waals surface area contributed by atoms with Gasteiger partial charge in [-0.25, -0.2) is 9.97 Å². The third-order valence-corrected chi connectivity index (χ3v) is 6.09. The van der Waals surface area contributed by atoms with Crippen molar-refractivity contribution in [2.24, 2.45) is 0 Å². The summed E-state index contributed by atoms with van der Waals surface area (Å²) in [6, 6.07) is 7.09. The molecular formula is C21H22N6O3S. The van der Waals surface area contributed by atoms with Crippen LogP contribution in [-0.2, 0) is 0 Å². The van der Waals surface area contributed by atoms with E-state index in [1.165, 1.54) is 0 Å². The van der Waals surface area contributed by atoms with Gasteiger partial charge in [0.15, 0.2) is 0 Å². The van der Waals surface area contributed by atoms with Crippen molar-refractivity contribution in [3.63, 3.8) is 0 Å². The number of aryl methyl sites for hydroxylation is 2. The van der Waals surface area contributed by atoms with E-state index in [1.807, 2.05) is 0 Å². The summed E-state index contributed by atoms with van der Waals surface area (Å²) in [6.45, 7) is 4.74. The van der Waals surface area contributed by atoms with Gasteiger partial charge in [0.05, 0.1) is 24.1 Å². The van der Waals surface area contributed by atoms with Gasteiger partial charge in [-0.2, -0.15) is 0 Å². The third kappa shape index (κ3) is 4.38. The second kappa shape index (κ2) is 8.76. The number of ether oxygens (including phenoxy) is 1. The van der Waals surface area contributed by atoms with Gasteiger partial charge in [0.1, 0.15) is 16.5 Å². The molecule has 1 atom stereocenters. The predicted octanol–water partition coefficient (Wildman–Crippen LogP) is 2.84. The van der Waals surface area contributed by atoms with Gasteiger partial charge in [-0.05, 0) is 56.1 Å². The number of amides is 2. The first kappa shape index (κ1) is 20.9. The van der Waals surface area contributed by atoms with E-state index in [4.69, 9.17) is 4.74 Å².